The Kier molecular flexibility index (Phi) is 59.2. The molecule has 3 atom stereocenters. The van der Waals surface area contributed by atoms with Crippen LogP contribution in [0.4, 0.5) is 0 Å². The maximum atomic E-state index is 13.6. The van der Waals surface area contributed by atoms with Crippen LogP contribution in [0, 0.1) is 0 Å². The first-order chi connectivity index (χ1) is 39.9. The number of quaternary nitrogens is 1. The van der Waals surface area contributed by atoms with Crippen LogP contribution in [0.2, 0.25) is 0 Å². The molecule has 0 heterocycles. The molecule has 9 nitrogen and oxygen atoms in total. The largest absolute Gasteiger partial charge is 0.472 e. The molecule has 0 aromatic heterocycles. The van der Waals surface area contributed by atoms with Gasteiger partial charge < -0.3 is 19.4 Å². The van der Waals surface area contributed by atoms with Gasteiger partial charge in [-0.3, -0.25) is 18.6 Å². The lowest BCUT2D eigenvalue weighted by molar-refractivity contribution is -0.870. The second kappa shape index (κ2) is 61.3. The Labute approximate surface area is 507 Å². The molecule has 0 rings (SSSR count). The number of phosphoric ester groups is 1. The van der Waals surface area contributed by atoms with Crippen molar-refractivity contribution in [2.75, 3.05) is 40.9 Å². The number of hydrogen-bond donors (Lipinski definition) is 2. The Morgan fingerprint density at radius 1 is 0.439 bits per heavy atom. The number of phosphoric acid groups is 1. The lowest BCUT2D eigenvalue weighted by Crippen LogP contribution is -2.47. The fourth-order valence-corrected chi connectivity index (χ4v) is 10.7. The third-order valence-electron chi connectivity index (χ3n) is 15.3. The van der Waals surface area contributed by atoms with Crippen molar-refractivity contribution in [3.8, 4) is 0 Å². The third-order valence-corrected chi connectivity index (χ3v) is 16.2. The minimum Gasteiger partial charge on any atom is -0.456 e. The SMILES string of the molecule is CC\C=C/C=C/C=C/C=C\C=C\C=C\CCCCCC(=O)NC(COP(=O)(O)OCC[N+](C)(C)C)C(/C=C\CCCCCCCCCCCC)OC(=O)CCCCCCCCCCCCCCCCCCCCCCCCCCCCC. The van der Waals surface area contributed by atoms with Gasteiger partial charge in [-0.25, -0.2) is 4.57 Å². The lowest BCUT2D eigenvalue weighted by atomic mass is 10.0. The maximum Gasteiger partial charge on any atom is 0.472 e. The van der Waals surface area contributed by atoms with Crippen LogP contribution in [0.15, 0.2) is 85.1 Å². The van der Waals surface area contributed by atoms with Crippen LogP contribution in [-0.4, -0.2) is 74.3 Å². The summed E-state index contributed by atoms with van der Waals surface area (Å²) in [6.07, 6.45) is 81.8. The van der Waals surface area contributed by atoms with E-state index in [4.69, 9.17) is 13.8 Å². The van der Waals surface area contributed by atoms with Gasteiger partial charge in [-0.15, -0.1) is 0 Å². The first-order valence-corrected chi connectivity index (χ1v) is 36.0. The number of rotatable bonds is 62. The van der Waals surface area contributed by atoms with E-state index in [9.17, 15) is 19.0 Å². The standard InChI is InChI=1S/C72H131N2O7P/c1-7-10-13-16-19-22-25-28-30-32-33-34-35-36-37-38-39-40-41-43-45-47-50-53-56-59-62-65-72(76)81-70(63-60-57-54-51-48-27-24-21-18-15-12-9-3)69(68-80-82(77,78)79-67-66-74(4,5)6)73-71(75)64-61-58-55-52-49-46-44-42-31-29-26-23-20-17-14-11-8-2/h11,14,17,20,23,26,29,31,42,44,46,49,60,63,69-70H,7-10,12-13,15-16,18-19,21-22,24-25,27-28,30,32-41,43,45,47-48,50-59,61-62,64-68H2,1-6H3,(H-,73,75,77,78)/p+1/b14-11-,20-17+,26-23+,31-29-,44-42+,49-46+,63-60-. The summed E-state index contributed by atoms with van der Waals surface area (Å²) in [4.78, 5) is 37.8. The lowest BCUT2D eigenvalue weighted by Gasteiger charge is -2.27. The highest BCUT2D eigenvalue weighted by molar-refractivity contribution is 7.47. The maximum absolute atomic E-state index is 13.6. The number of nitrogens with one attached hydrogen (secondary N) is 1. The van der Waals surface area contributed by atoms with E-state index in [-0.39, 0.29) is 37.9 Å². The van der Waals surface area contributed by atoms with E-state index in [0.717, 1.165) is 64.2 Å². The summed E-state index contributed by atoms with van der Waals surface area (Å²) in [5.41, 5.74) is 0. The normalized spacial score (nSPS) is 14.1. The Bertz CT molecular complexity index is 1680. The average Bonchev–Trinajstić information content (AvgIpc) is 3.44. The van der Waals surface area contributed by atoms with Crippen molar-refractivity contribution in [3.05, 3.63) is 85.1 Å². The molecule has 0 aliphatic carbocycles. The molecule has 82 heavy (non-hydrogen) atoms. The summed E-state index contributed by atoms with van der Waals surface area (Å²) < 4.78 is 30.7. The van der Waals surface area contributed by atoms with Crippen LogP contribution in [0.25, 0.3) is 0 Å². The highest BCUT2D eigenvalue weighted by atomic mass is 31.2. The zero-order valence-corrected chi connectivity index (χ0v) is 55.4. The molecule has 2 N–H and O–H groups in total. The van der Waals surface area contributed by atoms with Crippen LogP contribution in [0.5, 0.6) is 0 Å². The van der Waals surface area contributed by atoms with Gasteiger partial charge in [-0.05, 0) is 51.0 Å². The van der Waals surface area contributed by atoms with E-state index in [1.807, 2.05) is 94.1 Å². The van der Waals surface area contributed by atoms with Crippen molar-refractivity contribution in [1.82, 2.24) is 5.32 Å². The summed E-state index contributed by atoms with van der Waals surface area (Å²) in [6, 6.07) is -0.875. The Hall–Kier alpha value is -2.81. The number of nitrogens with zero attached hydrogens (tertiary/aromatic N) is 1. The van der Waals surface area contributed by atoms with E-state index in [2.05, 4.69) is 38.2 Å². The molecule has 10 heteroatoms. The Morgan fingerprint density at radius 2 is 0.780 bits per heavy atom. The van der Waals surface area contributed by atoms with E-state index in [0.29, 0.717) is 17.4 Å². The summed E-state index contributed by atoms with van der Waals surface area (Å²) in [7, 11) is 1.46. The monoisotopic (exact) mass is 1170 g/mol. The van der Waals surface area contributed by atoms with Gasteiger partial charge in [0, 0.05) is 12.8 Å². The number of allylic oxidation sites excluding steroid dienone is 13. The van der Waals surface area contributed by atoms with Gasteiger partial charge >= 0.3 is 13.8 Å². The Morgan fingerprint density at radius 3 is 1.18 bits per heavy atom. The molecule has 0 aliphatic heterocycles. The minimum atomic E-state index is -4.47. The number of esters is 1. The topological polar surface area (TPSA) is 111 Å². The molecule has 3 unspecified atom stereocenters. The molecular weight excluding hydrogens is 1040 g/mol. The van der Waals surface area contributed by atoms with Gasteiger partial charge in [-0.2, -0.15) is 0 Å². The molecule has 0 aromatic carbocycles. The van der Waals surface area contributed by atoms with E-state index < -0.39 is 20.0 Å². The predicted molar refractivity (Wildman–Crippen MR) is 355 cm³/mol. The first-order valence-electron chi connectivity index (χ1n) is 34.5. The number of carbonyl (C=O) groups excluding carboxylic acids is 2. The van der Waals surface area contributed by atoms with E-state index in [1.165, 1.54) is 205 Å². The van der Waals surface area contributed by atoms with Gasteiger partial charge in [0.25, 0.3) is 0 Å². The summed E-state index contributed by atoms with van der Waals surface area (Å²) in [5, 5.41) is 3.04. The van der Waals surface area contributed by atoms with Crippen molar-refractivity contribution in [2.24, 2.45) is 0 Å². The number of amides is 1. The molecule has 0 radical (unpaired) electrons. The number of ether oxygens (including phenoxy) is 1. The fraction of sp³-hybridized carbons (Fsp3) is 0.778. The molecule has 0 fully saturated rings. The van der Waals surface area contributed by atoms with Crippen LogP contribution < -0.4 is 5.32 Å². The molecule has 0 saturated carbocycles. The number of unbranched alkanes of at least 4 members (excludes halogenated alkanes) is 39. The highest BCUT2D eigenvalue weighted by Gasteiger charge is 2.30. The van der Waals surface area contributed by atoms with Crippen molar-refractivity contribution in [3.63, 3.8) is 0 Å². The molecule has 0 aromatic rings. The Balaban J connectivity index is 5.07. The van der Waals surface area contributed by atoms with Crippen molar-refractivity contribution in [2.45, 2.75) is 322 Å². The van der Waals surface area contributed by atoms with Gasteiger partial charge in [0.15, 0.2) is 0 Å². The van der Waals surface area contributed by atoms with Crippen LogP contribution in [0.3, 0.4) is 0 Å². The average molecular weight is 1170 g/mol. The molecule has 476 valence electrons. The number of hydrogen-bond acceptors (Lipinski definition) is 6. The third kappa shape index (κ3) is 61.7. The second-order valence-corrected chi connectivity index (χ2v) is 25.9. The molecule has 0 bridgehead atoms. The van der Waals surface area contributed by atoms with Gasteiger partial charge in [-0.1, -0.05) is 331 Å². The quantitative estimate of drug-likeness (QED) is 0.0156. The van der Waals surface area contributed by atoms with Crippen molar-refractivity contribution >= 4 is 19.7 Å². The molecule has 0 saturated heterocycles. The molecule has 1 amide bonds. The summed E-state index contributed by atoms with van der Waals surface area (Å²) in [5.74, 6) is -0.549. The van der Waals surface area contributed by atoms with Gasteiger partial charge in [0.2, 0.25) is 5.91 Å². The first kappa shape index (κ1) is 79.2. The fourth-order valence-electron chi connectivity index (χ4n) is 9.97. The van der Waals surface area contributed by atoms with Crippen LogP contribution in [-0.2, 0) is 27.9 Å². The predicted octanol–water partition coefficient (Wildman–Crippen LogP) is 21.7. The van der Waals surface area contributed by atoms with Crippen molar-refractivity contribution in [1.29, 1.82) is 0 Å². The second-order valence-electron chi connectivity index (χ2n) is 24.5. The number of carbonyl (C=O) groups is 2. The van der Waals surface area contributed by atoms with Gasteiger partial charge in [0.1, 0.15) is 19.3 Å². The minimum absolute atomic E-state index is 0.0287. The zero-order valence-electron chi connectivity index (χ0n) is 54.5. The molecular formula is C72H132N2O7P+. The summed E-state index contributed by atoms with van der Waals surface area (Å²) >= 11 is 0. The van der Waals surface area contributed by atoms with E-state index in [1.54, 1.807) is 0 Å². The smallest absolute Gasteiger partial charge is 0.456 e. The van der Waals surface area contributed by atoms with Crippen LogP contribution in [0.1, 0.15) is 310 Å². The zero-order chi connectivity index (χ0) is 60.0. The van der Waals surface area contributed by atoms with Crippen LogP contribution >= 0.6 is 7.82 Å². The van der Waals surface area contributed by atoms with Gasteiger partial charge in [0.05, 0.1) is 33.8 Å². The van der Waals surface area contributed by atoms with Crippen molar-refractivity contribution < 1.29 is 37.3 Å². The molecule has 0 aliphatic rings. The summed E-state index contributed by atoms with van der Waals surface area (Å²) in [6.45, 7) is 6.86. The number of likely N-dealkylation sites (N-methyl/N-ethyl adjacent to an activating group) is 1. The molecule has 0 spiro atoms. The van der Waals surface area contributed by atoms with E-state index >= 15 is 0 Å². The highest BCUT2D eigenvalue weighted by Crippen LogP contribution is 2.43.